The third kappa shape index (κ3) is 5.28. The number of benzene rings is 1. The zero-order valence-corrected chi connectivity index (χ0v) is 12.3. The van der Waals surface area contributed by atoms with E-state index in [1.807, 2.05) is 30.3 Å². The van der Waals surface area contributed by atoms with Crippen LogP contribution >= 0.6 is 0 Å². The molecule has 20 heavy (non-hydrogen) atoms. The summed E-state index contributed by atoms with van der Waals surface area (Å²) in [5, 5.41) is 2.61. The molecule has 0 fully saturated rings. The molecule has 1 aromatic rings. The van der Waals surface area contributed by atoms with Gasteiger partial charge in [-0.1, -0.05) is 37.3 Å². The first-order chi connectivity index (χ1) is 9.50. The Bertz CT molecular complexity index is 517. The number of nitrogens with one attached hydrogen (secondary N) is 2. The molecule has 1 atom stereocenters. The fourth-order valence-corrected chi connectivity index (χ4v) is 2.76. The van der Waals surface area contributed by atoms with Gasteiger partial charge in [0.2, 0.25) is 15.9 Å². The van der Waals surface area contributed by atoms with E-state index >= 15 is 0 Å². The monoisotopic (exact) mass is 299 g/mol. The van der Waals surface area contributed by atoms with Crippen LogP contribution in [0.2, 0.25) is 0 Å². The van der Waals surface area contributed by atoms with E-state index in [2.05, 4.69) is 10.0 Å². The number of carbonyl (C=O) groups excluding carboxylic acids is 1. The highest BCUT2D eigenvalue weighted by atomic mass is 32.2. The maximum atomic E-state index is 12.0. The lowest BCUT2D eigenvalue weighted by atomic mass is 9.98. The molecular weight excluding hydrogens is 278 g/mol. The highest BCUT2D eigenvalue weighted by Gasteiger charge is 2.19. The summed E-state index contributed by atoms with van der Waals surface area (Å²) in [6.07, 6.45) is 0. The lowest BCUT2D eigenvalue weighted by molar-refractivity contribution is -0.122. The minimum absolute atomic E-state index is 0.0670. The average Bonchev–Trinajstić information content (AvgIpc) is 2.40. The Morgan fingerprint density at radius 2 is 1.95 bits per heavy atom. The Hall–Kier alpha value is -1.44. The van der Waals surface area contributed by atoms with Crippen molar-refractivity contribution in [3.8, 4) is 0 Å². The predicted molar refractivity (Wildman–Crippen MR) is 78.7 cm³/mol. The van der Waals surface area contributed by atoms with E-state index in [0.717, 1.165) is 5.56 Å². The number of amides is 1. The molecule has 0 aromatic heterocycles. The van der Waals surface area contributed by atoms with Crippen LogP contribution in [0.3, 0.4) is 0 Å². The minimum Gasteiger partial charge on any atom is -0.354 e. The maximum absolute atomic E-state index is 12.0. The van der Waals surface area contributed by atoms with Crippen LogP contribution in [0.1, 0.15) is 18.4 Å². The summed E-state index contributed by atoms with van der Waals surface area (Å²) in [5.74, 6) is -0.859. The Labute approximate surface area is 119 Å². The van der Waals surface area contributed by atoms with Crippen molar-refractivity contribution in [2.24, 2.45) is 5.73 Å². The largest absolute Gasteiger partial charge is 0.354 e. The first-order valence-electron chi connectivity index (χ1n) is 6.50. The van der Waals surface area contributed by atoms with Gasteiger partial charge in [0.05, 0.1) is 11.7 Å². The maximum Gasteiger partial charge on any atom is 0.228 e. The molecule has 0 spiro atoms. The van der Waals surface area contributed by atoms with Crippen molar-refractivity contribution in [2.75, 3.05) is 25.4 Å². The standard InChI is InChI=1S/C13H21N3O3S/c1-2-16-20(18,19)9-8-15-13(17)12(10-14)11-6-4-3-5-7-11/h3-7,12,16H,2,8-10,14H2,1H3,(H,15,17). The molecule has 1 amide bonds. The lowest BCUT2D eigenvalue weighted by Crippen LogP contribution is -2.38. The zero-order valence-electron chi connectivity index (χ0n) is 11.5. The van der Waals surface area contributed by atoms with Crippen LogP contribution in [0, 0.1) is 0 Å². The summed E-state index contributed by atoms with van der Waals surface area (Å²) in [6.45, 7) is 2.29. The van der Waals surface area contributed by atoms with Gasteiger partial charge in [-0.25, -0.2) is 13.1 Å². The Kier molecular flexibility index (Phi) is 6.63. The van der Waals surface area contributed by atoms with Gasteiger partial charge in [-0.3, -0.25) is 4.79 Å². The van der Waals surface area contributed by atoms with Crippen molar-refractivity contribution >= 4 is 15.9 Å². The number of sulfonamides is 1. The normalized spacial score (nSPS) is 12.9. The number of carbonyl (C=O) groups is 1. The molecule has 0 saturated heterocycles. The lowest BCUT2D eigenvalue weighted by Gasteiger charge is -2.15. The summed E-state index contributed by atoms with van der Waals surface area (Å²) < 4.78 is 25.2. The molecule has 0 aliphatic carbocycles. The Morgan fingerprint density at radius 3 is 2.50 bits per heavy atom. The van der Waals surface area contributed by atoms with E-state index in [9.17, 15) is 13.2 Å². The summed E-state index contributed by atoms with van der Waals surface area (Å²) >= 11 is 0. The molecule has 0 radical (unpaired) electrons. The second-order valence-corrected chi connectivity index (χ2v) is 6.23. The number of rotatable bonds is 8. The van der Waals surface area contributed by atoms with Gasteiger partial charge in [0.25, 0.3) is 0 Å². The topological polar surface area (TPSA) is 101 Å². The molecule has 1 aromatic carbocycles. The van der Waals surface area contributed by atoms with Crippen LogP contribution in [0.25, 0.3) is 0 Å². The van der Waals surface area contributed by atoms with Gasteiger partial charge in [-0.15, -0.1) is 0 Å². The molecule has 1 rings (SSSR count). The third-order valence-electron chi connectivity index (χ3n) is 2.79. The molecule has 0 aliphatic rings. The van der Waals surface area contributed by atoms with Crippen LogP contribution < -0.4 is 15.8 Å². The molecule has 1 unspecified atom stereocenters. The Balaban J connectivity index is 2.53. The van der Waals surface area contributed by atoms with Crippen molar-refractivity contribution in [1.29, 1.82) is 0 Å². The van der Waals surface area contributed by atoms with Crippen molar-refractivity contribution < 1.29 is 13.2 Å². The highest BCUT2D eigenvalue weighted by molar-refractivity contribution is 7.89. The van der Waals surface area contributed by atoms with E-state index < -0.39 is 15.9 Å². The molecule has 0 heterocycles. The second-order valence-electron chi connectivity index (χ2n) is 4.31. The van der Waals surface area contributed by atoms with E-state index in [4.69, 9.17) is 5.73 Å². The van der Waals surface area contributed by atoms with Crippen LogP contribution in [0.4, 0.5) is 0 Å². The van der Waals surface area contributed by atoms with Crippen LogP contribution in [0.15, 0.2) is 30.3 Å². The van der Waals surface area contributed by atoms with Crippen LogP contribution in [0.5, 0.6) is 0 Å². The van der Waals surface area contributed by atoms with Gasteiger partial charge in [0.15, 0.2) is 0 Å². The van der Waals surface area contributed by atoms with Crippen molar-refractivity contribution in [1.82, 2.24) is 10.0 Å². The van der Waals surface area contributed by atoms with Gasteiger partial charge < -0.3 is 11.1 Å². The first-order valence-corrected chi connectivity index (χ1v) is 8.15. The molecule has 4 N–H and O–H groups in total. The van der Waals surface area contributed by atoms with Gasteiger partial charge in [0, 0.05) is 19.6 Å². The fourth-order valence-electron chi connectivity index (χ4n) is 1.80. The van der Waals surface area contributed by atoms with E-state index in [-0.39, 0.29) is 24.7 Å². The smallest absolute Gasteiger partial charge is 0.228 e. The summed E-state index contributed by atoms with van der Waals surface area (Å²) in [4.78, 5) is 12.0. The second kappa shape index (κ2) is 7.98. The first kappa shape index (κ1) is 16.6. The average molecular weight is 299 g/mol. The van der Waals surface area contributed by atoms with E-state index in [0.29, 0.717) is 6.54 Å². The molecule has 0 bridgehead atoms. The van der Waals surface area contributed by atoms with Crippen molar-refractivity contribution in [3.63, 3.8) is 0 Å². The van der Waals surface area contributed by atoms with Gasteiger partial charge in [-0.05, 0) is 5.56 Å². The molecule has 0 aliphatic heterocycles. The van der Waals surface area contributed by atoms with E-state index in [1.165, 1.54) is 0 Å². The van der Waals surface area contributed by atoms with Crippen molar-refractivity contribution in [3.05, 3.63) is 35.9 Å². The molecular formula is C13H21N3O3S. The number of nitrogens with two attached hydrogens (primary N) is 1. The summed E-state index contributed by atoms with van der Waals surface area (Å²) in [6, 6.07) is 9.18. The summed E-state index contributed by atoms with van der Waals surface area (Å²) in [5.41, 5.74) is 6.44. The Morgan fingerprint density at radius 1 is 1.30 bits per heavy atom. The van der Waals surface area contributed by atoms with Gasteiger partial charge in [-0.2, -0.15) is 0 Å². The minimum atomic E-state index is -3.32. The predicted octanol–water partition coefficient (Wildman–Crippen LogP) is -0.216. The fraction of sp³-hybridized carbons (Fsp3) is 0.462. The van der Waals surface area contributed by atoms with Gasteiger partial charge in [0.1, 0.15) is 0 Å². The number of hydrogen-bond donors (Lipinski definition) is 3. The number of hydrogen-bond acceptors (Lipinski definition) is 4. The van der Waals surface area contributed by atoms with E-state index in [1.54, 1.807) is 6.92 Å². The summed E-state index contributed by atoms with van der Waals surface area (Å²) in [7, 11) is -3.32. The van der Waals surface area contributed by atoms with Crippen LogP contribution in [-0.4, -0.2) is 39.7 Å². The molecule has 0 saturated carbocycles. The third-order valence-corrected chi connectivity index (χ3v) is 4.26. The zero-order chi connectivity index (χ0) is 15.0. The molecule has 7 heteroatoms. The quantitative estimate of drug-likeness (QED) is 0.618. The van der Waals surface area contributed by atoms with Crippen molar-refractivity contribution in [2.45, 2.75) is 12.8 Å². The molecule has 6 nitrogen and oxygen atoms in total. The van der Waals surface area contributed by atoms with Crippen LogP contribution in [-0.2, 0) is 14.8 Å². The highest BCUT2D eigenvalue weighted by Crippen LogP contribution is 2.13. The SMILES string of the molecule is CCNS(=O)(=O)CCNC(=O)C(CN)c1ccccc1. The molecule has 112 valence electrons. The van der Waals surface area contributed by atoms with Gasteiger partial charge >= 0.3 is 0 Å².